The minimum absolute atomic E-state index is 0. The Morgan fingerprint density at radius 2 is 0.703 bits per heavy atom. The predicted octanol–water partition coefficient (Wildman–Crippen LogP) is 2.53. The molecule has 0 aliphatic rings. The summed E-state index contributed by atoms with van der Waals surface area (Å²) in [7, 11) is 0. The van der Waals surface area contributed by atoms with Crippen molar-refractivity contribution in [2.24, 2.45) is 0 Å². The largest absolute Gasteiger partial charge is 0.478 e. The van der Waals surface area contributed by atoms with Crippen LogP contribution in [0, 0.1) is 0 Å². The molecule has 0 aromatic carbocycles. The number of ether oxygens (including phenoxy) is 3. The number of carbonyl (C=O) groups excluding carboxylic acids is 3. The van der Waals surface area contributed by atoms with Crippen molar-refractivity contribution in [2.75, 3.05) is 19.8 Å². The molecule has 0 rings (SSSR count). The first-order valence-electron chi connectivity index (χ1n) is 11.2. The molecule has 0 heterocycles. The van der Waals surface area contributed by atoms with Crippen molar-refractivity contribution in [3.05, 3.63) is 36.5 Å². The fourth-order valence-electron chi connectivity index (χ4n) is 1.51. The van der Waals surface area contributed by atoms with E-state index in [1.165, 1.54) is 0 Å². The zero-order valence-electron chi connectivity index (χ0n) is 21.3. The van der Waals surface area contributed by atoms with Gasteiger partial charge in [-0.1, -0.05) is 40.0 Å². The van der Waals surface area contributed by atoms with E-state index < -0.39 is 35.8 Å². The van der Waals surface area contributed by atoms with Crippen molar-refractivity contribution < 1.29 is 58.3 Å². The minimum atomic E-state index is -1.15. The Hall–Kier alpha value is -3.14. The van der Waals surface area contributed by atoms with Crippen molar-refractivity contribution >= 4 is 60.2 Å². The van der Waals surface area contributed by atoms with Gasteiger partial charge in [-0.2, -0.15) is 0 Å². The third-order valence-electron chi connectivity index (χ3n) is 3.31. The van der Waals surface area contributed by atoms with Crippen molar-refractivity contribution in [1.29, 1.82) is 0 Å². The molecule has 3 radical (unpaired) electrons. The Morgan fingerprint density at radius 1 is 0.486 bits per heavy atom. The van der Waals surface area contributed by atoms with Crippen LogP contribution in [-0.4, -0.2) is 95.4 Å². The number of esters is 3. The van der Waals surface area contributed by atoms with Gasteiger partial charge in [0.25, 0.3) is 0 Å². The first kappa shape index (κ1) is 41.0. The first-order chi connectivity index (χ1) is 17.0. The average Bonchev–Trinajstić information content (AvgIpc) is 2.81. The second kappa shape index (κ2) is 30.9. The van der Waals surface area contributed by atoms with E-state index in [4.69, 9.17) is 15.3 Å². The summed E-state index contributed by atoms with van der Waals surface area (Å²) in [5.41, 5.74) is 0. The molecule has 0 unspecified atom stereocenters. The van der Waals surface area contributed by atoms with Crippen LogP contribution >= 0.6 is 0 Å². The van der Waals surface area contributed by atoms with Crippen LogP contribution in [0.3, 0.4) is 0 Å². The quantitative estimate of drug-likeness (QED) is 0.0783. The van der Waals surface area contributed by atoms with Crippen LogP contribution in [0.1, 0.15) is 59.3 Å². The Morgan fingerprint density at radius 3 is 0.865 bits per heavy atom. The number of hydrogen-bond donors (Lipinski definition) is 3. The predicted molar refractivity (Wildman–Crippen MR) is 134 cm³/mol. The van der Waals surface area contributed by atoms with Gasteiger partial charge in [-0.25, -0.2) is 28.8 Å². The summed E-state index contributed by atoms with van der Waals surface area (Å²) in [6.07, 6.45) is 10.2. The molecule has 37 heavy (non-hydrogen) atoms. The van der Waals surface area contributed by atoms with Crippen LogP contribution < -0.4 is 0 Å². The maximum atomic E-state index is 10.6. The van der Waals surface area contributed by atoms with E-state index in [1.807, 2.05) is 20.8 Å². The molecular formula is C24H36O12Sb. The second-order valence-corrected chi connectivity index (χ2v) is 6.58. The number of unbranched alkanes of at least 4 members (excludes halogenated alkanes) is 3. The van der Waals surface area contributed by atoms with Crippen molar-refractivity contribution in [1.82, 2.24) is 0 Å². The SMILES string of the molecule is CCCCOC(=O)/C=C/C(=O)O.CCCCOC(=O)/C=C/C(=O)O.CCCCOC(=O)/C=C/C(=O)O.[Sb]. The molecule has 0 aliphatic carbocycles. The van der Waals surface area contributed by atoms with Gasteiger partial charge in [0.1, 0.15) is 0 Å². The van der Waals surface area contributed by atoms with E-state index in [9.17, 15) is 28.8 Å². The maximum Gasteiger partial charge on any atom is 0.331 e. The van der Waals surface area contributed by atoms with Gasteiger partial charge in [-0.15, -0.1) is 0 Å². The van der Waals surface area contributed by atoms with Gasteiger partial charge in [-0.3, -0.25) is 0 Å². The Balaban J connectivity index is -0.000000218. The molecule has 0 aromatic heterocycles. The zero-order valence-corrected chi connectivity index (χ0v) is 23.8. The molecule has 0 atom stereocenters. The van der Waals surface area contributed by atoms with E-state index >= 15 is 0 Å². The summed E-state index contributed by atoms with van der Waals surface area (Å²) in [5, 5.41) is 24.4. The summed E-state index contributed by atoms with van der Waals surface area (Å²) < 4.78 is 13.9. The fraction of sp³-hybridized carbons (Fsp3) is 0.500. The molecule has 0 aromatic rings. The summed E-state index contributed by atoms with van der Waals surface area (Å²) in [5.74, 6) is -5.27. The smallest absolute Gasteiger partial charge is 0.331 e. The van der Waals surface area contributed by atoms with E-state index in [2.05, 4.69) is 14.2 Å². The van der Waals surface area contributed by atoms with E-state index in [0.29, 0.717) is 19.8 Å². The van der Waals surface area contributed by atoms with Crippen LogP contribution in [0.4, 0.5) is 0 Å². The van der Waals surface area contributed by atoms with Gasteiger partial charge >= 0.3 is 35.8 Å². The van der Waals surface area contributed by atoms with Gasteiger partial charge < -0.3 is 29.5 Å². The van der Waals surface area contributed by atoms with E-state index in [-0.39, 0.29) is 24.4 Å². The topological polar surface area (TPSA) is 191 Å². The number of aliphatic carboxylic acids is 3. The summed E-state index contributed by atoms with van der Waals surface area (Å²) >= 11 is 0. The molecule has 0 saturated heterocycles. The molecule has 3 N–H and O–H groups in total. The van der Waals surface area contributed by atoms with Crippen LogP contribution in [0.2, 0.25) is 0 Å². The van der Waals surface area contributed by atoms with Crippen LogP contribution in [0.25, 0.3) is 0 Å². The maximum absolute atomic E-state index is 10.6. The van der Waals surface area contributed by atoms with Gasteiger partial charge in [-0.05, 0) is 19.3 Å². The average molecular weight is 638 g/mol. The van der Waals surface area contributed by atoms with Crippen molar-refractivity contribution in [3.63, 3.8) is 0 Å². The van der Waals surface area contributed by atoms with Gasteiger partial charge in [0.15, 0.2) is 0 Å². The number of carbonyl (C=O) groups is 6. The van der Waals surface area contributed by atoms with Crippen LogP contribution in [-0.2, 0) is 43.0 Å². The Labute approximate surface area is 233 Å². The van der Waals surface area contributed by atoms with E-state index in [0.717, 1.165) is 75.0 Å². The molecule has 0 saturated carbocycles. The van der Waals surface area contributed by atoms with Gasteiger partial charge in [0.05, 0.1) is 19.8 Å². The molecule has 0 bridgehead atoms. The second-order valence-electron chi connectivity index (χ2n) is 6.58. The zero-order chi connectivity index (χ0) is 28.2. The van der Waals surface area contributed by atoms with Gasteiger partial charge in [0, 0.05) is 60.9 Å². The first-order valence-corrected chi connectivity index (χ1v) is 11.2. The molecule has 0 spiro atoms. The monoisotopic (exact) mass is 637 g/mol. The molecule has 209 valence electrons. The standard InChI is InChI=1S/3C8H12O4.Sb/c3*1-2-3-6-12-8(11)5-4-7(9)10;/h3*4-5H,2-3,6H2,1H3,(H,9,10);/b3*5-4+;. The molecule has 12 nitrogen and oxygen atoms in total. The minimum Gasteiger partial charge on any atom is -0.478 e. The van der Waals surface area contributed by atoms with Crippen molar-refractivity contribution in [2.45, 2.75) is 59.3 Å². The summed E-state index contributed by atoms with van der Waals surface area (Å²) in [4.78, 5) is 61.8. The molecule has 0 aliphatic heterocycles. The van der Waals surface area contributed by atoms with E-state index in [1.54, 1.807) is 0 Å². The number of carboxylic acid groups (broad SMARTS) is 3. The molecular weight excluding hydrogens is 602 g/mol. The Bertz CT molecular complexity index is 657. The number of rotatable bonds is 15. The number of carboxylic acids is 3. The molecule has 0 amide bonds. The van der Waals surface area contributed by atoms with Crippen molar-refractivity contribution in [3.8, 4) is 0 Å². The molecule has 0 fully saturated rings. The molecule has 13 heteroatoms. The summed E-state index contributed by atoms with van der Waals surface area (Å²) in [6.45, 7) is 6.96. The van der Waals surface area contributed by atoms with Crippen LogP contribution in [0.5, 0.6) is 0 Å². The number of hydrogen-bond acceptors (Lipinski definition) is 9. The summed E-state index contributed by atoms with van der Waals surface area (Å²) in [6, 6.07) is 0. The Kier molecular flexibility index (Phi) is 34.2. The van der Waals surface area contributed by atoms with Gasteiger partial charge in [0.2, 0.25) is 0 Å². The third-order valence-corrected chi connectivity index (χ3v) is 3.31. The third kappa shape index (κ3) is 43.4. The fourth-order valence-corrected chi connectivity index (χ4v) is 1.51. The normalized spacial score (nSPS) is 9.81. The van der Waals surface area contributed by atoms with Crippen LogP contribution in [0.15, 0.2) is 36.5 Å².